The van der Waals surface area contributed by atoms with Crippen molar-refractivity contribution in [3.8, 4) is 22.5 Å². The third kappa shape index (κ3) is 9.97. The molecule has 3 aromatic rings. The fourth-order valence-electron chi connectivity index (χ4n) is 4.24. The van der Waals surface area contributed by atoms with E-state index in [1.807, 2.05) is 55.7 Å². The number of unbranched alkanes of at least 4 members (excludes halogenated alkanes) is 5. The molecule has 1 atom stereocenters. The zero-order valence-electron chi connectivity index (χ0n) is 22.8. The van der Waals surface area contributed by atoms with Crippen molar-refractivity contribution >= 4 is 5.97 Å². The highest BCUT2D eigenvalue weighted by molar-refractivity contribution is 5.90. The number of carbonyl (C=O) groups is 1. The van der Waals surface area contributed by atoms with Gasteiger partial charge in [0, 0.05) is 18.0 Å². The van der Waals surface area contributed by atoms with Gasteiger partial charge < -0.3 is 9.47 Å². The van der Waals surface area contributed by atoms with Gasteiger partial charge in [-0.3, -0.25) is 0 Å². The van der Waals surface area contributed by atoms with Crippen molar-refractivity contribution in [3.63, 3.8) is 0 Å². The lowest BCUT2D eigenvalue weighted by atomic mass is 10.0. The van der Waals surface area contributed by atoms with Crippen LogP contribution in [0.1, 0.15) is 81.1 Å². The zero-order valence-corrected chi connectivity index (χ0v) is 22.8. The van der Waals surface area contributed by atoms with E-state index < -0.39 is 12.1 Å². The summed E-state index contributed by atoms with van der Waals surface area (Å²) in [6.45, 7) is 4.50. The lowest BCUT2D eigenvalue weighted by Crippen LogP contribution is -2.15. The van der Waals surface area contributed by atoms with E-state index in [2.05, 4.69) is 16.9 Å². The largest absolute Gasteiger partial charge is 0.460 e. The summed E-state index contributed by atoms with van der Waals surface area (Å²) in [6, 6.07) is 15.4. The minimum Gasteiger partial charge on any atom is -0.460 e. The van der Waals surface area contributed by atoms with Gasteiger partial charge >= 0.3 is 5.97 Å². The summed E-state index contributed by atoms with van der Waals surface area (Å²) in [6.07, 6.45) is 12.9. The Bertz CT molecular complexity index is 1070. The number of hydrogen-bond acceptors (Lipinski definition) is 5. The molecule has 0 amide bonds. The molecule has 204 valence electrons. The van der Waals surface area contributed by atoms with Crippen LogP contribution in [0.2, 0.25) is 0 Å². The van der Waals surface area contributed by atoms with Crippen molar-refractivity contribution < 1.29 is 18.7 Å². The van der Waals surface area contributed by atoms with Crippen LogP contribution in [0.3, 0.4) is 0 Å². The molecule has 1 aromatic heterocycles. The third-order valence-electron chi connectivity index (χ3n) is 6.48. The summed E-state index contributed by atoms with van der Waals surface area (Å²) < 4.78 is 23.8. The summed E-state index contributed by atoms with van der Waals surface area (Å²) in [5.41, 5.74) is 4.66. The molecule has 2 aromatic carbocycles. The summed E-state index contributed by atoms with van der Waals surface area (Å²) in [4.78, 5) is 21.4. The molecule has 5 nitrogen and oxygen atoms in total. The summed E-state index contributed by atoms with van der Waals surface area (Å²) in [5.74, 6) is 0.302. The molecule has 0 saturated carbocycles. The molecule has 1 heterocycles. The maximum atomic E-state index is 13.4. The Labute approximate surface area is 226 Å². The molecular weight excluding hydrogens is 479 g/mol. The Morgan fingerprint density at radius 2 is 1.39 bits per heavy atom. The molecule has 1 unspecified atom stereocenters. The topological polar surface area (TPSA) is 61.3 Å². The number of aromatic nitrogens is 2. The van der Waals surface area contributed by atoms with Gasteiger partial charge in [-0.15, -0.1) is 0 Å². The second kappa shape index (κ2) is 16.7. The average Bonchev–Trinajstić information content (AvgIpc) is 2.95. The first-order chi connectivity index (χ1) is 18.6. The van der Waals surface area contributed by atoms with Crippen LogP contribution in [-0.4, -0.2) is 41.9 Å². The van der Waals surface area contributed by atoms with Crippen LogP contribution >= 0.6 is 0 Å². The van der Waals surface area contributed by atoms with E-state index in [4.69, 9.17) is 9.47 Å². The van der Waals surface area contributed by atoms with Gasteiger partial charge in [-0.25, -0.2) is 19.2 Å². The minimum absolute atomic E-state index is 0.0373. The Morgan fingerprint density at radius 1 is 0.789 bits per heavy atom. The Hall–Kier alpha value is -3.12. The molecule has 0 aliphatic heterocycles. The maximum absolute atomic E-state index is 13.4. The van der Waals surface area contributed by atoms with E-state index in [0.29, 0.717) is 12.0 Å². The smallest absolute Gasteiger partial charge is 0.338 e. The molecular formula is C32H41FN2O3. The van der Waals surface area contributed by atoms with E-state index in [-0.39, 0.29) is 19.8 Å². The van der Waals surface area contributed by atoms with Crippen molar-refractivity contribution in [1.82, 2.24) is 9.97 Å². The SMILES string of the molecule is CCCCCCCCc1cnc(-c2ccc(-c3ccc(C(=O)OCCOCC(F)CCC)cc3)cc2)nc1. The fraction of sp³-hybridized carbons (Fsp3) is 0.469. The summed E-state index contributed by atoms with van der Waals surface area (Å²) >= 11 is 0. The van der Waals surface area contributed by atoms with Gasteiger partial charge in [0.05, 0.1) is 18.8 Å². The van der Waals surface area contributed by atoms with Gasteiger partial charge in [-0.05, 0) is 48.1 Å². The van der Waals surface area contributed by atoms with E-state index in [0.717, 1.165) is 35.4 Å². The number of aryl methyl sites for hydroxylation is 1. The molecule has 0 bridgehead atoms. The lowest BCUT2D eigenvalue weighted by molar-refractivity contribution is 0.0212. The van der Waals surface area contributed by atoms with Crippen molar-refractivity contribution in [3.05, 3.63) is 72.1 Å². The second-order valence-corrected chi connectivity index (χ2v) is 9.68. The van der Waals surface area contributed by atoms with Crippen LogP contribution in [0.15, 0.2) is 60.9 Å². The van der Waals surface area contributed by atoms with Crippen molar-refractivity contribution in [2.45, 2.75) is 77.8 Å². The molecule has 0 aliphatic rings. The number of ether oxygens (including phenoxy) is 2. The molecule has 0 fully saturated rings. The second-order valence-electron chi connectivity index (χ2n) is 9.68. The Morgan fingerprint density at radius 3 is 2.05 bits per heavy atom. The van der Waals surface area contributed by atoms with Crippen LogP contribution in [0.25, 0.3) is 22.5 Å². The summed E-state index contributed by atoms with van der Waals surface area (Å²) in [7, 11) is 0. The minimum atomic E-state index is -0.967. The Balaban J connectivity index is 1.45. The van der Waals surface area contributed by atoms with Gasteiger partial charge in [0.25, 0.3) is 0 Å². The van der Waals surface area contributed by atoms with Crippen molar-refractivity contribution in [1.29, 1.82) is 0 Å². The number of nitrogens with zero attached hydrogens (tertiary/aromatic N) is 2. The van der Waals surface area contributed by atoms with Crippen LogP contribution in [-0.2, 0) is 15.9 Å². The number of benzene rings is 2. The fourth-order valence-corrected chi connectivity index (χ4v) is 4.24. The van der Waals surface area contributed by atoms with E-state index in [1.54, 1.807) is 12.1 Å². The molecule has 38 heavy (non-hydrogen) atoms. The highest BCUT2D eigenvalue weighted by Gasteiger charge is 2.09. The number of halogens is 1. The molecule has 0 spiro atoms. The van der Waals surface area contributed by atoms with Crippen LogP contribution in [0.4, 0.5) is 4.39 Å². The van der Waals surface area contributed by atoms with E-state index in [1.165, 1.54) is 44.1 Å². The van der Waals surface area contributed by atoms with Crippen molar-refractivity contribution in [2.24, 2.45) is 0 Å². The molecule has 0 aliphatic carbocycles. The quantitative estimate of drug-likeness (QED) is 0.133. The third-order valence-corrected chi connectivity index (χ3v) is 6.48. The molecule has 0 saturated heterocycles. The maximum Gasteiger partial charge on any atom is 0.338 e. The van der Waals surface area contributed by atoms with Gasteiger partial charge in [-0.1, -0.05) is 88.8 Å². The van der Waals surface area contributed by atoms with E-state index in [9.17, 15) is 9.18 Å². The molecule has 0 N–H and O–H groups in total. The monoisotopic (exact) mass is 520 g/mol. The summed E-state index contributed by atoms with van der Waals surface area (Å²) in [5, 5.41) is 0. The molecule has 0 radical (unpaired) electrons. The average molecular weight is 521 g/mol. The standard InChI is InChI=1S/C32H41FN2O3/c1-3-5-6-7-8-9-11-25-22-34-31(35-23-25)28-16-12-26(13-17-28)27-14-18-29(19-15-27)32(36)38-21-20-37-24-30(33)10-4-2/h12-19,22-23,30H,3-11,20-21,24H2,1-2H3. The number of rotatable bonds is 17. The molecule has 6 heteroatoms. The number of hydrogen-bond donors (Lipinski definition) is 0. The van der Waals surface area contributed by atoms with Crippen LogP contribution < -0.4 is 0 Å². The highest BCUT2D eigenvalue weighted by Crippen LogP contribution is 2.24. The number of alkyl halides is 1. The lowest BCUT2D eigenvalue weighted by Gasteiger charge is -2.09. The first kappa shape index (κ1) is 29.4. The van der Waals surface area contributed by atoms with Gasteiger partial charge in [-0.2, -0.15) is 0 Å². The normalized spacial score (nSPS) is 11.9. The van der Waals surface area contributed by atoms with Gasteiger partial charge in [0.1, 0.15) is 12.8 Å². The van der Waals surface area contributed by atoms with Crippen LogP contribution in [0, 0.1) is 0 Å². The zero-order chi connectivity index (χ0) is 27.0. The highest BCUT2D eigenvalue weighted by atomic mass is 19.1. The predicted octanol–water partition coefficient (Wildman–Crippen LogP) is 8.03. The van der Waals surface area contributed by atoms with Gasteiger partial charge in [0.2, 0.25) is 0 Å². The van der Waals surface area contributed by atoms with Crippen molar-refractivity contribution in [2.75, 3.05) is 19.8 Å². The van der Waals surface area contributed by atoms with Gasteiger partial charge in [0.15, 0.2) is 5.82 Å². The number of esters is 1. The predicted molar refractivity (Wildman–Crippen MR) is 151 cm³/mol. The first-order valence-electron chi connectivity index (χ1n) is 14.0. The first-order valence-corrected chi connectivity index (χ1v) is 14.0. The Kier molecular flexibility index (Phi) is 12.9. The molecule has 3 rings (SSSR count). The van der Waals surface area contributed by atoms with Crippen LogP contribution in [0.5, 0.6) is 0 Å². The van der Waals surface area contributed by atoms with E-state index >= 15 is 0 Å². The number of carbonyl (C=O) groups excluding carboxylic acids is 1.